The molecule has 0 atom stereocenters. The third-order valence-corrected chi connectivity index (χ3v) is 8.27. The van der Waals surface area contributed by atoms with Crippen molar-refractivity contribution < 1.29 is 9.59 Å². The Morgan fingerprint density at radius 3 is 1.29 bits per heavy atom. The smallest absolute Gasteiger partial charge is 0.255 e. The lowest BCUT2D eigenvalue weighted by molar-refractivity contribution is 0.101. The van der Waals surface area contributed by atoms with Crippen LogP contribution in [0.5, 0.6) is 0 Å². The molecule has 202 valence electrons. The lowest BCUT2D eigenvalue weighted by Crippen LogP contribution is -2.15. The lowest BCUT2D eigenvalue weighted by Gasteiger charge is -2.12. The fourth-order valence-electron chi connectivity index (χ4n) is 5.26. The van der Waals surface area contributed by atoms with Crippen molar-refractivity contribution in [3.8, 4) is 0 Å². The number of anilines is 2. The first kappa shape index (κ1) is 25.8. The van der Waals surface area contributed by atoms with Crippen molar-refractivity contribution in [3.05, 3.63) is 129 Å². The molecule has 0 saturated carbocycles. The van der Waals surface area contributed by atoms with E-state index < -0.39 is 0 Å². The van der Waals surface area contributed by atoms with Crippen molar-refractivity contribution in [2.75, 3.05) is 10.6 Å². The molecule has 0 saturated heterocycles. The molecule has 7 rings (SSSR count). The van der Waals surface area contributed by atoms with Crippen LogP contribution in [-0.2, 0) is 0 Å². The van der Waals surface area contributed by atoms with Crippen LogP contribution < -0.4 is 10.6 Å². The summed E-state index contributed by atoms with van der Waals surface area (Å²) in [4.78, 5) is 33.2. The predicted octanol–water partition coefficient (Wildman–Crippen LogP) is 8.92. The Morgan fingerprint density at radius 1 is 0.476 bits per heavy atom. The summed E-state index contributed by atoms with van der Waals surface area (Å²) in [6.45, 7) is 0. The lowest BCUT2D eigenvalue weighted by atomic mass is 10.1. The van der Waals surface area contributed by atoms with E-state index in [4.69, 9.17) is 24.4 Å². The number of pyridine rings is 2. The molecule has 0 bridgehead atoms. The van der Waals surface area contributed by atoms with Crippen LogP contribution in [0.3, 0.4) is 0 Å². The molecule has 5 aromatic carbocycles. The normalized spacial score (nSPS) is 11.2. The van der Waals surface area contributed by atoms with Crippen LogP contribution in [0.1, 0.15) is 20.7 Å². The first-order valence-corrected chi connectivity index (χ1v) is 14.1. The summed E-state index contributed by atoms with van der Waals surface area (Å²) in [5, 5.41) is 9.61. The number of benzene rings is 5. The summed E-state index contributed by atoms with van der Waals surface area (Å²) in [6.07, 6.45) is 0. The highest BCUT2D eigenvalue weighted by Crippen LogP contribution is 2.29. The van der Waals surface area contributed by atoms with E-state index in [1.165, 1.54) is 0 Å². The molecule has 0 unspecified atom stereocenters. The molecular weight excluding hydrogens is 561 g/mol. The fourth-order valence-corrected chi connectivity index (χ4v) is 5.96. The Bertz CT molecular complexity index is 2170. The van der Waals surface area contributed by atoms with Crippen molar-refractivity contribution >= 4 is 91.2 Å². The summed E-state index contributed by atoms with van der Waals surface area (Å²) in [5.41, 5.74) is 5.39. The Balaban J connectivity index is 1.14. The van der Waals surface area contributed by atoms with Gasteiger partial charge in [-0.2, -0.15) is 0 Å². The van der Waals surface area contributed by atoms with E-state index in [-0.39, 0.29) is 11.8 Å². The topological polar surface area (TPSA) is 89.8 Å². The van der Waals surface area contributed by atoms with E-state index in [0.717, 1.165) is 52.6 Å². The molecule has 0 aliphatic heterocycles. The molecule has 7 aromatic rings. The first-order chi connectivity index (χ1) is 20.5. The summed E-state index contributed by atoms with van der Waals surface area (Å²) >= 11 is 11.4. The number of hydrogen-bond acceptors (Lipinski definition) is 4. The van der Waals surface area contributed by atoms with Gasteiger partial charge in [-0.05, 0) is 48.5 Å². The second-order valence-corrected chi connectivity index (χ2v) is 10.8. The molecule has 0 spiro atoms. The summed E-state index contributed by atoms with van der Waals surface area (Å²) < 4.78 is 1.46. The van der Waals surface area contributed by atoms with Gasteiger partial charge in [0.2, 0.25) is 0 Å². The van der Waals surface area contributed by atoms with E-state index in [2.05, 4.69) is 20.6 Å². The monoisotopic (exact) mass is 582 g/mol. The minimum absolute atomic E-state index is 0.296. The zero-order valence-corrected chi connectivity index (χ0v) is 23.7. The number of aromatic amines is 2. The van der Waals surface area contributed by atoms with Crippen LogP contribution >= 0.6 is 24.4 Å². The van der Waals surface area contributed by atoms with Gasteiger partial charge in [0.1, 0.15) is 0 Å². The minimum Gasteiger partial charge on any atom is -0.353 e. The van der Waals surface area contributed by atoms with Gasteiger partial charge >= 0.3 is 0 Å². The van der Waals surface area contributed by atoms with Gasteiger partial charge in [-0.15, -0.1) is 0 Å². The van der Waals surface area contributed by atoms with Crippen LogP contribution in [0, 0.1) is 9.02 Å². The SMILES string of the molecule is O=C(Nc1cccc2c(=S)c3ccccc3[nH]c12)c1ccc(C(=O)Nc2cccc3c(=S)c4ccccc4[nH]c23)cc1. The zero-order valence-electron chi connectivity index (χ0n) is 22.0. The predicted molar refractivity (Wildman–Crippen MR) is 176 cm³/mol. The number of para-hydroxylation sites is 4. The van der Waals surface area contributed by atoms with Crippen molar-refractivity contribution in [2.24, 2.45) is 0 Å². The fraction of sp³-hybridized carbons (Fsp3) is 0. The maximum absolute atomic E-state index is 13.2. The van der Waals surface area contributed by atoms with Crippen LogP contribution in [-0.4, -0.2) is 21.8 Å². The molecule has 2 heterocycles. The second kappa shape index (κ2) is 10.3. The Labute approximate surface area is 250 Å². The molecule has 2 aromatic heterocycles. The molecular formula is C34H22N4O2S2. The number of fused-ring (bicyclic) bond motifs is 4. The summed E-state index contributed by atoms with van der Waals surface area (Å²) in [6, 6.07) is 33.5. The van der Waals surface area contributed by atoms with Crippen molar-refractivity contribution in [1.82, 2.24) is 9.97 Å². The van der Waals surface area contributed by atoms with Crippen LogP contribution in [0.4, 0.5) is 11.4 Å². The van der Waals surface area contributed by atoms with E-state index in [0.29, 0.717) is 22.5 Å². The number of H-pyrrole nitrogens is 2. The molecule has 0 aliphatic rings. The largest absolute Gasteiger partial charge is 0.353 e. The number of carbonyl (C=O) groups is 2. The third-order valence-electron chi connectivity index (χ3n) is 7.39. The quantitative estimate of drug-likeness (QED) is 0.123. The van der Waals surface area contributed by atoms with Crippen molar-refractivity contribution in [1.29, 1.82) is 0 Å². The van der Waals surface area contributed by atoms with Gasteiger partial charge in [0.05, 0.1) is 31.4 Å². The Morgan fingerprint density at radius 2 is 0.857 bits per heavy atom. The number of rotatable bonds is 4. The molecule has 0 fully saturated rings. The molecule has 6 nitrogen and oxygen atoms in total. The highest BCUT2D eigenvalue weighted by molar-refractivity contribution is 7.72. The van der Waals surface area contributed by atoms with Gasteiger partial charge in [-0.25, -0.2) is 0 Å². The van der Waals surface area contributed by atoms with E-state index >= 15 is 0 Å². The molecule has 2 amide bonds. The summed E-state index contributed by atoms with van der Waals surface area (Å²) in [7, 11) is 0. The van der Waals surface area contributed by atoms with E-state index in [9.17, 15) is 9.59 Å². The molecule has 0 radical (unpaired) electrons. The van der Waals surface area contributed by atoms with E-state index in [1.807, 2.05) is 84.9 Å². The van der Waals surface area contributed by atoms with Gasteiger partial charge in [0, 0.05) is 43.7 Å². The standard InChI is InChI=1S/C34H22N4O2S2/c39-33(37-27-13-5-9-23-29(27)35-25-11-3-1-7-21(25)31(23)41)19-15-17-20(18-16-19)34(40)38-28-14-6-10-24-30(28)36-26-12-4-2-8-22(26)32(24)42/h1-18H,(H,35,41)(H,36,42)(H,37,39)(H,38,40). The average Bonchev–Trinajstić information content (AvgIpc) is 3.02. The maximum Gasteiger partial charge on any atom is 0.255 e. The van der Waals surface area contributed by atoms with E-state index in [1.54, 1.807) is 24.3 Å². The molecule has 42 heavy (non-hydrogen) atoms. The van der Waals surface area contributed by atoms with Crippen LogP contribution in [0.25, 0.3) is 43.6 Å². The Hall–Kier alpha value is -5.18. The van der Waals surface area contributed by atoms with Crippen LogP contribution in [0.15, 0.2) is 109 Å². The average molecular weight is 583 g/mol. The first-order valence-electron chi connectivity index (χ1n) is 13.3. The molecule has 8 heteroatoms. The summed E-state index contributed by atoms with van der Waals surface area (Å²) in [5.74, 6) is -0.592. The van der Waals surface area contributed by atoms with Gasteiger partial charge in [-0.1, -0.05) is 85.1 Å². The third kappa shape index (κ3) is 4.43. The van der Waals surface area contributed by atoms with Crippen molar-refractivity contribution in [2.45, 2.75) is 0 Å². The second-order valence-electron chi connectivity index (χ2n) is 9.94. The maximum atomic E-state index is 13.2. The van der Waals surface area contributed by atoms with Gasteiger partial charge in [-0.3, -0.25) is 9.59 Å². The van der Waals surface area contributed by atoms with Gasteiger partial charge in [0.15, 0.2) is 0 Å². The number of aromatic nitrogens is 2. The molecule has 4 N–H and O–H groups in total. The number of amides is 2. The minimum atomic E-state index is -0.296. The zero-order chi connectivity index (χ0) is 28.8. The number of carbonyl (C=O) groups excluding carboxylic acids is 2. The highest BCUT2D eigenvalue weighted by Gasteiger charge is 2.14. The van der Waals surface area contributed by atoms with Crippen molar-refractivity contribution in [3.63, 3.8) is 0 Å². The highest BCUT2D eigenvalue weighted by atomic mass is 32.1. The number of nitrogens with one attached hydrogen (secondary N) is 4. The van der Waals surface area contributed by atoms with Gasteiger partial charge in [0.25, 0.3) is 11.8 Å². The molecule has 0 aliphatic carbocycles. The number of hydrogen-bond donors (Lipinski definition) is 4. The van der Waals surface area contributed by atoms with Crippen LogP contribution in [0.2, 0.25) is 0 Å². The Kier molecular flexibility index (Phi) is 6.34. The van der Waals surface area contributed by atoms with Gasteiger partial charge < -0.3 is 20.6 Å².